The quantitative estimate of drug-likeness (QED) is 0.856. The Bertz CT molecular complexity index is 383. The minimum atomic E-state index is 0.551. The number of aromatic nitrogens is 2. The van der Waals surface area contributed by atoms with E-state index in [4.69, 9.17) is 4.74 Å². The van der Waals surface area contributed by atoms with Crippen LogP contribution in [0.2, 0.25) is 0 Å². The van der Waals surface area contributed by atoms with E-state index in [9.17, 15) is 0 Å². The second kappa shape index (κ2) is 7.06. The van der Waals surface area contributed by atoms with Gasteiger partial charge in [0.2, 0.25) is 0 Å². The average Bonchev–Trinajstić information content (AvgIpc) is 2.79. The van der Waals surface area contributed by atoms with Crippen LogP contribution in [0.1, 0.15) is 38.1 Å². The fourth-order valence-corrected chi connectivity index (χ4v) is 3.05. The average molecular weight is 265 g/mol. The fourth-order valence-electron chi connectivity index (χ4n) is 3.05. The number of hydrogen-bond acceptors (Lipinski definition) is 3. The number of nitrogens with zero attached hydrogens (tertiary/aromatic N) is 2. The van der Waals surface area contributed by atoms with Gasteiger partial charge in [-0.05, 0) is 45.2 Å². The summed E-state index contributed by atoms with van der Waals surface area (Å²) in [5.74, 6) is 0.731. The summed E-state index contributed by atoms with van der Waals surface area (Å²) in [4.78, 5) is 0. The van der Waals surface area contributed by atoms with Crippen molar-refractivity contribution in [3.05, 3.63) is 17.5 Å². The third-order valence-corrected chi connectivity index (χ3v) is 4.02. The maximum absolute atomic E-state index is 5.48. The predicted octanol–water partition coefficient (Wildman–Crippen LogP) is 2.16. The van der Waals surface area contributed by atoms with E-state index < -0.39 is 0 Å². The first kappa shape index (κ1) is 14.5. The molecule has 0 bridgehead atoms. The molecule has 0 radical (unpaired) electrons. The molecule has 1 saturated heterocycles. The minimum Gasteiger partial charge on any atom is -0.381 e. The molecule has 0 aromatic carbocycles. The molecule has 108 valence electrons. The lowest BCUT2D eigenvalue weighted by molar-refractivity contribution is 0.0537. The molecule has 1 fully saturated rings. The normalized spacial score (nSPS) is 18.7. The zero-order valence-corrected chi connectivity index (χ0v) is 12.5. The highest BCUT2D eigenvalue weighted by molar-refractivity contribution is 5.11. The summed E-state index contributed by atoms with van der Waals surface area (Å²) in [5, 5.41) is 8.22. The lowest BCUT2D eigenvalue weighted by atomic mass is 9.88. The van der Waals surface area contributed by atoms with Gasteiger partial charge in [0.05, 0.1) is 5.69 Å². The second-order valence-electron chi connectivity index (χ2n) is 5.41. The molecule has 2 rings (SSSR count). The number of aryl methyl sites for hydroxylation is 2. The molecule has 1 atom stereocenters. The van der Waals surface area contributed by atoms with Crippen molar-refractivity contribution in [2.24, 2.45) is 5.92 Å². The highest BCUT2D eigenvalue weighted by Crippen LogP contribution is 2.22. The summed E-state index contributed by atoms with van der Waals surface area (Å²) in [6.07, 6.45) is 3.43. The molecule has 1 aromatic rings. The van der Waals surface area contributed by atoms with E-state index in [2.05, 4.69) is 41.9 Å². The summed E-state index contributed by atoms with van der Waals surface area (Å²) in [7, 11) is 0. The summed E-state index contributed by atoms with van der Waals surface area (Å²) < 4.78 is 7.62. The molecule has 1 N–H and O–H groups in total. The van der Waals surface area contributed by atoms with Crippen LogP contribution in [0.3, 0.4) is 0 Å². The number of likely N-dealkylation sites (N-methyl/N-ethyl adjacent to an activating group) is 1. The van der Waals surface area contributed by atoms with E-state index in [1.54, 1.807) is 0 Å². The molecule has 4 nitrogen and oxygen atoms in total. The SMILES string of the molecule is CCNC(Cc1cc(C)nn1CC)C1CCOCC1. The van der Waals surface area contributed by atoms with Crippen molar-refractivity contribution in [2.45, 2.75) is 52.6 Å². The topological polar surface area (TPSA) is 39.1 Å². The van der Waals surface area contributed by atoms with Crippen molar-refractivity contribution in [1.82, 2.24) is 15.1 Å². The summed E-state index contributed by atoms with van der Waals surface area (Å²) in [6, 6.07) is 2.78. The van der Waals surface area contributed by atoms with Crippen molar-refractivity contribution in [2.75, 3.05) is 19.8 Å². The van der Waals surface area contributed by atoms with Gasteiger partial charge in [0, 0.05) is 37.9 Å². The third kappa shape index (κ3) is 3.80. The number of hydrogen-bond donors (Lipinski definition) is 1. The molecule has 1 aromatic heterocycles. The van der Waals surface area contributed by atoms with Crippen LogP contribution >= 0.6 is 0 Å². The zero-order chi connectivity index (χ0) is 13.7. The largest absolute Gasteiger partial charge is 0.381 e. The van der Waals surface area contributed by atoms with Crippen LogP contribution < -0.4 is 5.32 Å². The van der Waals surface area contributed by atoms with Crippen molar-refractivity contribution >= 4 is 0 Å². The molecule has 0 spiro atoms. The van der Waals surface area contributed by atoms with E-state index in [1.807, 2.05) is 0 Å². The Morgan fingerprint density at radius 2 is 2.16 bits per heavy atom. The highest BCUT2D eigenvalue weighted by Gasteiger charge is 2.24. The third-order valence-electron chi connectivity index (χ3n) is 4.02. The Hall–Kier alpha value is -0.870. The standard InChI is InChI=1S/C15H27N3O/c1-4-16-15(13-6-8-19-9-7-13)11-14-10-12(3)17-18(14)5-2/h10,13,15-16H,4-9,11H2,1-3H3. The minimum absolute atomic E-state index is 0.551. The van der Waals surface area contributed by atoms with Gasteiger partial charge in [0.25, 0.3) is 0 Å². The van der Waals surface area contributed by atoms with Gasteiger partial charge in [-0.15, -0.1) is 0 Å². The van der Waals surface area contributed by atoms with Crippen LogP contribution in [0.4, 0.5) is 0 Å². The van der Waals surface area contributed by atoms with Gasteiger partial charge < -0.3 is 10.1 Å². The Labute approximate surface area is 116 Å². The van der Waals surface area contributed by atoms with Crippen LogP contribution in [0.25, 0.3) is 0 Å². The van der Waals surface area contributed by atoms with E-state index >= 15 is 0 Å². The van der Waals surface area contributed by atoms with Crippen molar-refractivity contribution in [3.63, 3.8) is 0 Å². The molecule has 0 aliphatic carbocycles. The molecule has 19 heavy (non-hydrogen) atoms. The molecular formula is C15H27N3O. The van der Waals surface area contributed by atoms with Crippen LogP contribution in [0.5, 0.6) is 0 Å². The number of rotatable bonds is 6. The molecular weight excluding hydrogens is 238 g/mol. The first-order valence-corrected chi connectivity index (χ1v) is 7.59. The van der Waals surface area contributed by atoms with Gasteiger partial charge in [-0.1, -0.05) is 6.92 Å². The van der Waals surface area contributed by atoms with Crippen LogP contribution in [-0.4, -0.2) is 35.6 Å². The number of ether oxygens (including phenoxy) is 1. The van der Waals surface area contributed by atoms with E-state index in [0.29, 0.717) is 6.04 Å². The van der Waals surface area contributed by atoms with Crippen molar-refractivity contribution in [3.8, 4) is 0 Å². The van der Waals surface area contributed by atoms with Gasteiger partial charge in [0.15, 0.2) is 0 Å². The molecule has 0 amide bonds. The molecule has 1 unspecified atom stereocenters. The van der Waals surface area contributed by atoms with Crippen LogP contribution in [0.15, 0.2) is 6.07 Å². The lowest BCUT2D eigenvalue weighted by Gasteiger charge is -2.31. The lowest BCUT2D eigenvalue weighted by Crippen LogP contribution is -2.41. The highest BCUT2D eigenvalue weighted by atomic mass is 16.5. The van der Waals surface area contributed by atoms with E-state index in [1.165, 1.54) is 18.5 Å². The molecule has 0 saturated carbocycles. The maximum Gasteiger partial charge on any atom is 0.0596 e. The maximum atomic E-state index is 5.48. The monoisotopic (exact) mass is 265 g/mol. The Balaban J connectivity index is 2.06. The molecule has 1 aliphatic rings. The second-order valence-corrected chi connectivity index (χ2v) is 5.41. The van der Waals surface area contributed by atoms with Gasteiger partial charge in [0.1, 0.15) is 0 Å². The van der Waals surface area contributed by atoms with Crippen molar-refractivity contribution in [1.29, 1.82) is 0 Å². The first-order chi connectivity index (χ1) is 9.24. The van der Waals surface area contributed by atoms with Gasteiger partial charge in [-0.25, -0.2) is 0 Å². The van der Waals surface area contributed by atoms with E-state index in [-0.39, 0.29) is 0 Å². The summed E-state index contributed by atoms with van der Waals surface area (Å²) in [6.45, 7) is 10.2. The Kier molecular flexibility index (Phi) is 5.40. The smallest absolute Gasteiger partial charge is 0.0596 e. The Morgan fingerprint density at radius 3 is 2.79 bits per heavy atom. The summed E-state index contributed by atoms with van der Waals surface area (Å²) >= 11 is 0. The van der Waals surface area contributed by atoms with Crippen LogP contribution in [0, 0.1) is 12.8 Å². The summed E-state index contributed by atoms with van der Waals surface area (Å²) in [5.41, 5.74) is 2.48. The fraction of sp³-hybridized carbons (Fsp3) is 0.800. The van der Waals surface area contributed by atoms with Gasteiger partial charge >= 0.3 is 0 Å². The first-order valence-electron chi connectivity index (χ1n) is 7.59. The molecule has 2 heterocycles. The van der Waals surface area contributed by atoms with E-state index in [0.717, 1.165) is 44.3 Å². The van der Waals surface area contributed by atoms with Gasteiger partial charge in [-0.2, -0.15) is 5.10 Å². The van der Waals surface area contributed by atoms with Crippen LogP contribution in [-0.2, 0) is 17.7 Å². The zero-order valence-electron chi connectivity index (χ0n) is 12.5. The molecule has 4 heteroatoms. The Morgan fingerprint density at radius 1 is 1.42 bits per heavy atom. The predicted molar refractivity (Wildman–Crippen MR) is 77.3 cm³/mol. The van der Waals surface area contributed by atoms with Gasteiger partial charge in [-0.3, -0.25) is 4.68 Å². The molecule has 1 aliphatic heterocycles. The number of nitrogens with one attached hydrogen (secondary N) is 1. The van der Waals surface area contributed by atoms with Crippen molar-refractivity contribution < 1.29 is 4.74 Å².